The van der Waals surface area contributed by atoms with Gasteiger partial charge in [-0.05, 0) is 29.5 Å². The highest BCUT2D eigenvalue weighted by molar-refractivity contribution is 9.10. The molecule has 0 amide bonds. The van der Waals surface area contributed by atoms with Gasteiger partial charge in [-0.15, -0.1) is 0 Å². The third-order valence-corrected chi connectivity index (χ3v) is 3.69. The minimum absolute atomic E-state index is 0.641. The van der Waals surface area contributed by atoms with Crippen molar-refractivity contribution in [1.82, 2.24) is 5.32 Å². The molecule has 1 aliphatic carbocycles. The van der Waals surface area contributed by atoms with Crippen LogP contribution in [0.15, 0.2) is 22.7 Å². The summed E-state index contributed by atoms with van der Waals surface area (Å²) in [6, 6.07) is 7.17. The van der Waals surface area contributed by atoms with Crippen LogP contribution in [0.2, 0.25) is 0 Å². The van der Waals surface area contributed by atoms with Crippen LogP contribution < -0.4 is 5.32 Å². The van der Waals surface area contributed by atoms with Gasteiger partial charge in [-0.25, -0.2) is 0 Å². The van der Waals surface area contributed by atoms with Gasteiger partial charge in [0.1, 0.15) is 0 Å². The van der Waals surface area contributed by atoms with Gasteiger partial charge in [-0.3, -0.25) is 0 Å². The second-order valence-corrected chi connectivity index (χ2v) is 4.49. The molecule has 2 unspecified atom stereocenters. The van der Waals surface area contributed by atoms with E-state index in [1.54, 1.807) is 5.56 Å². The number of benzene rings is 1. The van der Waals surface area contributed by atoms with Crippen LogP contribution in [-0.2, 0) is 0 Å². The van der Waals surface area contributed by atoms with Gasteiger partial charge in [0.25, 0.3) is 0 Å². The van der Waals surface area contributed by atoms with E-state index in [2.05, 4.69) is 39.4 Å². The molecule has 3 rings (SSSR count). The number of hydrogen-bond donors (Lipinski definition) is 1. The van der Waals surface area contributed by atoms with E-state index in [-0.39, 0.29) is 0 Å². The van der Waals surface area contributed by atoms with Crippen molar-refractivity contribution in [3.63, 3.8) is 0 Å². The molecular formula is C10H10BrN. The Labute approximate surface area is 80.3 Å². The molecule has 0 saturated carbocycles. The lowest BCUT2D eigenvalue weighted by Gasteiger charge is -2.17. The Morgan fingerprint density at radius 1 is 1.42 bits per heavy atom. The average molecular weight is 224 g/mol. The predicted molar refractivity (Wildman–Crippen MR) is 52.2 cm³/mol. The Bertz CT molecular complexity index is 335. The lowest BCUT2D eigenvalue weighted by atomic mass is 10.0. The van der Waals surface area contributed by atoms with Crippen LogP contribution in [0.4, 0.5) is 0 Å². The molecule has 2 heteroatoms. The maximum atomic E-state index is 3.62. The van der Waals surface area contributed by atoms with Crippen molar-refractivity contribution in [1.29, 1.82) is 0 Å². The van der Waals surface area contributed by atoms with Crippen LogP contribution in [0.1, 0.15) is 29.5 Å². The largest absolute Gasteiger partial charge is 0.309 e. The molecule has 0 aromatic heterocycles. The standard InChI is InChI=1S/C10H10BrN/c11-8-3-1-2-7-9-4-6(5-12-9)10(7)8/h1-3,6,9,12H,4-5H2. The SMILES string of the molecule is Brc1cccc2c1C1CNC2C1. The summed E-state index contributed by atoms with van der Waals surface area (Å²) < 4.78 is 1.30. The van der Waals surface area contributed by atoms with Crippen molar-refractivity contribution < 1.29 is 0 Å². The van der Waals surface area contributed by atoms with E-state index in [1.807, 2.05) is 0 Å². The molecule has 0 radical (unpaired) electrons. The molecule has 1 aromatic carbocycles. The Morgan fingerprint density at radius 3 is 3.17 bits per heavy atom. The van der Waals surface area contributed by atoms with Crippen LogP contribution >= 0.6 is 15.9 Å². The van der Waals surface area contributed by atoms with Crippen molar-refractivity contribution in [2.45, 2.75) is 18.4 Å². The summed E-state index contributed by atoms with van der Waals surface area (Å²) in [5.41, 5.74) is 3.07. The van der Waals surface area contributed by atoms with Crippen LogP contribution in [-0.4, -0.2) is 6.54 Å². The van der Waals surface area contributed by atoms with Crippen LogP contribution in [0.3, 0.4) is 0 Å². The third-order valence-electron chi connectivity index (χ3n) is 3.00. The minimum atomic E-state index is 0.641. The molecule has 1 nitrogen and oxygen atoms in total. The van der Waals surface area contributed by atoms with E-state index in [4.69, 9.17) is 0 Å². The second-order valence-electron chi connectivity index (χ2n) is 3.64. The van der Waals surface area contributed by atoms with Gasteiger partial charge in [0, 0.05) is 17.1 Å². The topological polar surface area (TPSA) is 12.0 Å². The average Bonchev–Trinajstić information content (AvgIpc) is 2.64. The van der Waals surface area contributed by atoms with E-state index >= 15 is 0 Å². The van der Waals surface area contributed by atoms with Gasteiger partial charge in [0.05, 0.1) is 0 Å². The summed E-state index contributed by atoms with van der Waals surface area (Å²) in [5, 5.41) is 3.52. The summed E-state index contributed by atoms with van der Waals surface area (Å²) >= 11 is 3.62. The fourth-order valence-corrected chi connectivity index (χ4v) is 3.19. The molecular weight excluding hydrogens is 214 g/mol. The van der Waals surface area contributed by atoms with E-state index in [0.717, 1.165) is 5.92 Å². The molecule has 2 bridgehead atoms. The third kappa shape index (κ3) is 0.771. The normalized spacial score (nSPS) is 30.8. The fraction of sp³-hybridized carbons (Fsp3) is 0.400. The first-order valence-corrected chi connectivity index (χ1v) is 5.17. The Kier molecular flexibility index (Phi) is 1.38. The molecule has 12 heavy (non-hydrogen) atoms. The first kappa shape index (κ1) is 7.10. The van der Waals surface area contributed by atoms with Crippen molar-refractivity contribution in [2.75, 3.05) is 6.54 Å². The van der Waals surface area contributed by atoms with E-state index in [9.17, 15) is 0 Å². The highest BCUT2D eigenvalue weighted by Gasteiger charge is 2.37. The first-order chi connectivity index (χ1) is 5.86. The summed E-state index contributed by atoms with van der Waals surface area (Å²) in [6.07, 6.45) is 1.30. The Morgan fingerprint density at radius 2 is 2.33 bits per heavy atom. The minimum Gasteiger partial charge on any atom is -0.309 e. The summed E-state index contributed by atoms with van der Waals surface area (Å²) in [4.78, 5) is 0. The maximum Gasteiger partial charge on any atom is 0.0330 e. The van der Waals surface area contributed by atoms with Gasteiger partial charge >= 0.3 is 0 Å². The molecule has 1 N–H and O–H groups in total. The molecule has 62 valence electrons. The monoisotopic (exact) mass is 223 g/mol. The first-order valence-electron chi connectivity index (χ1n) is 4.38. The quantitative estimate of drug-likeness (QED) is 0.714. The zero-order valence-electron chi connectivity index (χ0n) is 6.68. The predicted octanol–water partition coefficient (Wildman–Crippen LogP) is 2.58. The number of rotatable bonds is 0. The van der Waals surface area contributed by atoms with Crippen LogP contribution in [0.5, 0.6) is 0 Å². The lowest BCUT2D eigenvalue weighted by Crippen LogP contribution is -2.19. The van der Waals surface area contributed by atoms with Gasteiger partial charge < -0.3 is 5.32 Å². The molecule has 1 saturated heterocycles. The molecule has 2 aliphatic rings. The van der Waals surface area contributed by atoms with Gasteiger partial charge in [-0.2, -0.15) is 0 Å². The van der Waals surface area contributed by atoms with Crippen molar-refractivity contribution in [2.24, 2.45) is 0 Å². The zero-order chi connectivity index (χ0) is 8.13. The van der Waals surface area contributed by atoms with Gasteiger partial charge in [0.15, 0.2) is 0 Å². The van der Waals surface area contributed by atoms with Gasteiger partial charge in [0.2, 0.25) is 0 Å². The number of hydrogen-bond acceptors (Lipinski definition) is 1. The lowest BCUT2D eigenvalue weighted by molar-refractivity contribution is 0.649. The van der Waals surface area contributed by atoms with Gasteiger partial charge in [-0.1, -0.05) is 28.1 Å². The smallest absolute Gasteiger partial charge is 0.0330 e. The zero-order valence-corrected chi connectivity index (χ0v) is 8.26. The van der Waals surface area contributed by atoms with Crippen molar-refractivity contribution >= 4 is 15.9 Å². The summed E-state index contributed by atoms with van der Waals surface area (Å²) in [6.45, 7) is 1.17. The molecule has 1 fully saturated rings. The number of nitrogens with one attached hydrogen (secondary N) is 1. The summed E-state index contributed by atoms with van der Waals surface area (Å²) in [5.74, 6) is 0.764. The van der Waals surface area contributed by atoms with Crippen molar-refractivity contribution in [3.05, 3.63) is 33.8 Å². The van der Waals surface area contributed by atoms with Crippen LogP contribution in [0, 0.1) is 0 Å². The Balaban J connectivity index is 2.26. The number of fused-ring (bicyclic) bond motifs is 5. The van der Waals surface area contributed by atoms with E-state index in [1.165, 1.54) is 23.0 Å². The van der Waals surface area contributed by atoms with E-state index in [0.29, 0.717) is 6.04 Å². The molecule has 1 aliphatic heterocycles. The molecule has 2 atom stereocenters. The molecule has 1 aromatic rings. The van der Waals surface area contributed by atoms with E-state index < -0.39 is 0 Å². The Hall–Kier alpha value is -0.340. The highest BCUT2D eigenvalue weighted by Crippen LogP contribution is 2.47. The molecule has 1 heterocycles. The van der Waals surface area contributed by atoms with Crippen LogP contribution in [0.25, 0.3) is 0 Å². The fourth-order valence-electron chi connectivity index (χ4n) is 2.48. The molecule has 0 spiro atoms. The van der Waals surface area contributed by atoms with Crippen molar-refractivity contribution in [3.8, 4) is 0 Å². The second kappa shape index (κ2) is 2.33. The highest BCUT2D eigenvalue weighted by atomic mass is 79.9. The maximum absolute atomic E-state index is 3.62. The number of halogens is 1. The summed E-state index contributed by atoms with van der Waals surface area (Å²) in [7, 11) is 0.